The summed E-state index contributed by atoms with van der Waals surface area (Å²) in [6.45, 7) is 21.6. The van der Waals surface area contributed by atoms with E-state index in [0.717, 1.165) is 0 Å². The van der Waals surface area contributed by atoms with Gasteiger partial charge < -0.3 is 63.5 Å². The van der Waals surface area contributed by atoms with Crippen molar-refractivity contribution < 1.29 is 58.8 Å². The zero-order valence-corrected chi connectivity index (χ0v) is 57.7. The molecule has 0 aliphatic carbocycles. The van der Waals surface area contributed by atoms with Gasteiger partial charge in [0.25, 0.3) is 0 Å². The first kappa shape index (κ1) is 80.0. The Morgan fingerprint density at radius 2 is 0.620 bits per heavy atom. The van der Waals surface area contributed by atoms with Gasteiger partial charge in [-0.15, -0.1) is 14.2 Å². The van der Waals surface area contributed by atoms with E-state index in [1.165, 1.54) is 20.8 Å². The van der Waals surface area contributed by atoms with E-state index in [1.807, 2.05) is 46.4 Å². The number of hydrogen-bond acceptors (Lipinski definition) is 19. The summed E-state index contributed by atoms with van der Waals surface area (Å²) < 4.78 is 1.44. The van der Waals surface area contributed by atoms with E-state index in [2.05, 4.69) is 62.8 Å². The Hall–Kier alpha value is -8.13. The Labute approximate surface area is 548 Å². The van der Waals surface area contributed by atoms with Gasteiger partial charge in [-0.05, 0) is 78.6 Å². The van der Waals surface area contributed by atoms with Crippen molar-refractivity contribution in [3.63, 3.8) is 0 Å². The molecule has 3 radical (unpaired) electrons. The molecule has 3 aromatic heterocycles. The largest absolute Gasteiger partial charge is 0.425 e. The van der Waals surface area contributed by atoms with Crippen molar-refractivity contribution in [3.8, 4) is 0 Å². The second-order valence-corrected chi connectivity index (χ2v) is 23.8. The molecule has 3 rings (SSSR count). The molecule has 31 nitrogen and oxygen atoms in total. The third-order valence-corrected chi connectivity index (χ3v) is 14.8. The number of aromatic nitrogens is 6. The summed E-state index contributed by atoms with van der Waals surface area (Å²) in [5.74, 6) is -4.31. The first-order chi connectivity index (χ1) is 42.8. The van der Waals surface area contributed by atoms with Gasteiger partial charge in [-0.1, -0.05) is 41.5 Å². The standard InChI is InChI=1S/C60H96N16O15.Ga/c1-34(2)31-46(70-52(80)16-13-43-58(86)74(89)40(10)37(7)67-43)55(83)64-22-19-49(77)61-25-28-73(29-26-62-50(78)20-23-65-56(84)47(32-35(3)4)71-53(81)17-14-44-59(87)75(90)41(11)38(8)68-44)30-27-63-51(79)21-24-66-57(85)48(33-36(5)6)72-54(82)18-15-45-60(88)76(91)42(12)39(9)69-45;/h34-36,46-48,89-91H,13-33H2,1-12H3,(H,61,77)(H,62,78)(H,63,79)(H,64,83)(H,65,84)(H,66,85)(H,70,80)(H,71,81)(H,72,82);/t46-,47-,48-;/m1./s1. The Morgan fingerprint density at radius 1 is 0.380 bits per heavy atom. The predicted molar refractivity (Wildman–Crippen MR) is 339 cm³/mol. The van der Waals surface area contributed by atoms with Crippen molar-refractivity contribution in [2.75, 3.05) is 58.9 Å². The quantitative estimate of drug-likeness (QED) is 0.0228. The minimum absolute atomic E-state index is 0. The van der Waals surface area contributed by atoms with Crippen LogP contribution in [0.1, 0.15) is 151 Å². The average Bonchev–Trinajstić information content (AvgIpc) is 1.16. The van der Waals surface area contributed by atoms with E-state index in [-0.39, 0.29) is 208 Å². The second kappa shape index (κ2) is 40.0. The molecule has 0 saturated heterocycles. The van der Waals surface area contributed by atoms with Crippen molar-refractivity contribution in [2.24, 2.45) is 17.8 Å². The van der Waals surface area contributed by atoms with Gasteiger partial charge in [0.1, 0.15) is 35.2 Å². The molecular weight excluding hydrogens is 1250 g/mol. The third kappa shape index (κ3) is 27.8. The number of rotatable bonds is 39. The molecule has 9 amide bonds. The fraction of sp³-hybridized carbons (Fsp3) is 0.650. The second-order valence-electron chi connectivity index (χ2n) is 23.8. The van der Waals surface area contributed by atoms with Crippen LogP contribution in [0, 0.1) is 59.3 Å². The number of aryl methyl sites for hydroxylation is 6. The molecule has 0 aliphatic rings. The number of nitrogens with one attached hydrogen (secondary N) is 9. The monoisotopic (exact) mass is 1350 g/mol. The van der Waals surface area contributed by atoms with Gasteiger partial charge in [0, 0.05) is 136 Å². The topological polar surface area (TPSA) is 430 Å². The molecule has 0 aliphatic heterocycles. The van der Waals surface area contributed by atoms with E-state index in [0.29, 0.717) is 31.3 Å². The van der Waals surface area contributed by atoms with Gasteiger partial charge in [-0.3, -0.25) is 77.4 Å². The van der Waals surface area contributed by atoms with Gasteiger partial charge in [-0.2, -0.15) is 0 Å². The normalized spacial score (nSPS) is 12.1. The number of hydrogen-bond donors (Lipinski definition) is 12. The Bertz CT molecular complexity index is 2890. The maximum Gasteiger partial charge on any atom is 0.304 e. The average molecular weight is 1350 g/mol. The van der Waals surface area contributed by atoms with Gasteiger partial charge in [0.15, 0.2) is 0 Å². The molecule has 0 bridgehead atoms. The van der Waals surface area contributed by atoms with Crippen molar-refractivity contribution in [1.29, 1.82) is 0 Å². The van der Waals surface area contributed by atoms with Crippen molar-refractivity contribution >= 4 is 73.0 Å². The van der Waals surface area contributed by atoms with Gasteiger partial charge in [0.2, 0.25) is 53.2 Å². The van der Waals surface area contributed by atoms with Crippen molar-refractivity contribution in [3.05, 3.63) is 82.3 Å². The summed E-state index contributed by atoms with van der Waals surface area (Å²) >= 11 is 0. The molecule has 32 heteroatoms. The molecule has 0 aromatic carbocycles. The van der Waals surface area contributed by atoms with Crippen LogP contribution >= 0.6 is 0 Å². The molecule has 3 atom stereocenters. The smallest absolute Gasteiger partial charge is 0.304 e. The third-order valence-electron chi connectivity index (χ3n) is 14.8. The van der Waals surface area contributed by atoms with Crippen LogP contribution in [0.2, 0.25) is 0 Å². The van der Waals surface area contributed by atoms with Crippen LogP contribution in [0.5, 0.6) is 0 Å². The summed E-state index contributed by atoms with van der Waals surface area (Å²) in [5, 5.41) is 54.8. The molecule has 0 spiro atoms. The Kier molecular flexibility index (Phi) is 34.7. The van der Waals surface area contributed by atoms with Crippen LogP contribution in [0.25, 0.3) is 0 Å². The van der Waals surface area contributed by atoms with E-state index in [4.69, 9.17) is 0 Å². The minimum Gasteiger partial charge on any atom is -0.425 e. The molecule has 12 N–H and O–H groups in total. The van der Waals surface area contributed by atoms with Crippen molar-refractivity contribution in [2.45, 2.75) is 178 Å². The fourth-order valence-electron chi connectivity index (χ4n) is 9.30. The number of nitrogens with zero attached hydrogens (tertiary/aromatic N) is 7. The van der Waals surface area contributed by atoms with Crippen LogP contribution in [-0.4, -0.2) is 200 Å². The summed E-state index contributed by atoms with van der Waals surface area (Å²) in [7, 11) is 0. The van der Waals surface area contributed by atoms with E-state index in [9.17, 15) is 73.2 Å². The molecule has 0 unspecified atom stereocenters. The van der Waals surface area contributed by atoms with Crippen LogP contribution in [0.4, 0.5) is 0 Å². The molecule has 92 heavy (non-hydrogen) atoms. The van der Waals surface area contributed by atoms with Crippen LogP contribution < -0.4 is 64.5 Å². The molecule has 0 fully saturated rings. The summed E-state index contributed by atoms with van der Waals surface area (Å²) in [6, 6.07) is -2.83. The number of amides is 9. The van der Waals surface area contributed by atoms with Crippen LogP contribution in [0.15, 0.2) is 14.4 Å². The van der Waals surface area contributed by atoms with E-state index >= 15 is 0 Å². The summed E-state index contributed by atoms with van der Waals surface area (Å²) in [5.41, 5.74) is -0.156. The zero-order valence-electron chi connectivity index (χ0n) is 55.3. The molecule has 0 saturated carbocycles. The first-order valence-corrected chi connectivity index (χ1v) is 30.9. The van der Waals surface area contributed by atoms with Gasteiger partial charge in [0.05, 0.1) is 34.2 Å². The van der Waals surface area contributed by atoms with Crippen molar-refractivity contribution in [1.82, 2.24) is 81.9 Å². The number of carbonyl (C=O) groups is 9. The summed E-state index contributed by atoms with van der Waals surface area (Å²) in [6.07, 6.45) is -0.260. The molecule has 3 aromatic rings. The summed E-state index contributed by atoms with van der Waals surface area (Å²) in [4.78, 5) is 170. The molecule has 509 valence electrons. The van der Waals surface area contributed by atoms with Gasteiger partial charge in [-0.25, -0.2) is 0 Å². The maximum absolute atomic E-state index is 13.3. The van der Waals surface area contributed by atoms with E-state index < -0.39 is 88.0 Å². The van der Waals surface area contributed by atoms with Crippen LogP contribution in [0.3, 0.4) is 0 Å². The zero-order chi connectivity index (χ0) is 68.2. The maximum atomic E-state index is 13.3. The van der Waals surface area contributed by atoms with Gasteiger partial charge >= 0.3 is 16.7 Å². The first-order valence-electron chi connectivity index (χ1n) is 30.9. The van der Waals surface area contributed by atoms with Crippen LogP contribution in [-0.2, 0) is 62.4 Å². The number of carbonyl (C=O) groups excluding carboxylic acids is 9. The Morgan fingerprint density at radius 3 is 0.848 bits per heavy atom. The van der Waals surface area contributed by atoms with E-state index in [1.54, 1.807) is 20.8 Å². The fourth-order valence-corrected chi connectivity index (χ4v) is 9.30. The predicted octanol–water partition coefficient (Wildman–Crippen LogP) is -1.50. The Balaban J connectivity index is 0.0000288. The molecular formula is C60H96GaN16O15. The minimum atomic E-state index is -0.942. The SMILES string of the molecule is Cc1nc(CCC(=O)N[C@H](CC(C)C)C(=O)NCCC(=O)NCCN(CCNC(=O)CCNC(=O)[C@@H](CC(C)C)NC(=O)CCc2nc(C)c(C)n(O)c2=O)CCNC(=O)CCNC(=O)[C@@H](CC(C)C)NC(=O)CCc2nc(C)c(C)n(O)c2=O)c(=O)n(O)c1C.[Ga]. The molecule has 3 heterocycles.